The fourth-order valence-electron chi connectivity index (χ4n) is 4.09. The minimum Gasteiger partial charge on any atom is -0.337 e. The number of nitrogens with zero attached hydrogens (tertiary/aromatic N) is 2. The van der Waals surface area contributed by atoms with Gasteiger partial charge in [0.05, 0.1) is 5.39 Å². The zero-order valence-corrected chi connectivity index (χ0v) is 16.2. The van der Waals surface area contributed by atoms with Gasteiger partial charge in [-0.05, 0) is 37.7 Å². The van der Waals surface area contributed by atoms with Gasteiger partial charge in [-0.1, -0.05) is 6.92 Å². The highest BCUT2D eigenvalue weighted by Gasteiger charge is 2.24. The number of rotatable bonds is 3. The number of hydrogen-bond acceptors (Lipinski definition) is 5. The molecule has 1 fully saturated rings. The Bertz CT molecular complexity index is 888. The van der Waals surface area contributed by atoms with Crippen molar-refractivity contribution < 1.29 is 4.79 Å². The number of piperazine rings is 1. The highest BCUT2D eigenvalue weighted by Crippen LogP contribution is 2.35. The average molecular weight is 375 g/mol. The first kappa shape index (κ1) is 17.7. The van der Waals surface area contributed by atoms with Gasteiger partial charge < -0.3 is 15.2 Å². The summed E-state index contributed by atoms with van der Waals surface area (Å²) in [5.41, 5.74) is 1.16. The molecule has 1 aliphatic heterocycles. The first-order chi connectivity index (χ1) is 12.5. The Morgan fingerprint density at radius 2 is 2.23 bits per heavy atom. The van der Waals surface area contributed by atoms with Gasteiger partial charge in [0.25, 0.3) is 5.56 Å². The molecule has 4 rings (SSSR count). The van der Waals surface area contributed by atoms with Crippen molar-refractivity contribution in [1.82, 2.24) is 20.2 Å². The van der Waals surface area contributed by atoms with Gasteiger partial charge in [0.15, 0.2) is 0 Å². The van der Waals surface area contributed by atoms with Crippen LogP contribution in [-0.2, 0) is 24.1 Å². The molecule has 2 aromatic rings. The molecule has 0 spiro atoms. The van der Waals surface area contributed by atoms with Crippen molar-refractivity contribution in [3.05, 3.63) is 26.6 Å². The highest BCUT2D eigenvalue weighted by atomic mass is 32.1. The fraction of sp³-hybridized carbons (Fsp3) is 0.632. The van der Waals surface area contributed by atoms with E-state index in [1.165, 1.54) is 10.4 Å². The number of amides is 1. The van der Waals surface area contributed by atoms with E-state index in [9.17, 15) is 9.59 Å². The molecule has 2 aromatic heterocycles. The number of aromatic amines is 1. The molecule has 6 nitrogen and oxygen atoms in total. The molecule has 0 saturated carbocycles. The van der Waals surface area contributed by atoms with Gasteiger partial charge in [0.1, 0.15) is 10.7 Å². The maximum Gasteiger partial charge on any atom is 0.259 e. The molecule has 26 heavy (non-hydrogen) atoms. The third kappa shape index (κ3) is 3.30. The van der Waals surface area contributed by atoms with E-state index in [-0.39, 0.29) is 17.5 Å². The number of thiophene rings is 1. The molecule has 1 aliphatic carbocycles. The summed E-state index contributed by atoms with van der Waals surface area (Å²) in [5, 5.41) is 4.08. The summed E-state index contributed by atoms with van der Waals surface area (Å²) in [4.78, 5) is 36.8. The van der Waals surface area contributed by atoms with E-state index < -0.39 is 0 Å². The van der Waals surface area contributed by atoms with E-state index in [1.54, 1.807) is 11.3 Å². The molecule has 3 heterocycles. The van der Waals surface area contributed by atoms with Crippen molar-refractivity contribution in [3.63, 3.8) is 0 Å². The molecule has 1 unspecified atom stereocenters. The Labute approximate surface area is 157 Å². The summed E-state index contributed by atoms with van der Waals surface area (Å²) < 4.78 is 0. The van der Waals surface area contributed by atoms with Crippen LogP contribution in [0.1, 0.15) is 43.0 Å². The Morgan fingerprint density at radius 1 is 1.38 bits per heavy atom. The standard InChI is InChI=1S/C19H26N4O2S/c1-11-3-4-13-14(9-11)26-19-17(13)18(25)21-15(22-19)5-6-16(24)23-8-7-20-10-12(23)2/h11-12,20H,3-10H2,1-2H3,(H,21,22,25)/t11?,12-/m0/s1. The molecular weight excluding hydrogens is 348 g/mol. The molecule has 1 amide bonds. The summed E-state index contributed by atoms with van der Waals surface area (Å²) in [6.45, 7) is 6.76. The normalized spacial score (nSPS) is 23.2. The lowest BCUT2D eigenvalue weighted by atomic mass is 9.89. The predicted molar refractivity (Wildman–Crippen MR) is 104 cm³/mol. The second-order valence-corrected chi connectivity index (χ2v) is 8.77. The third-order valence-electron chi connectivity index (χ3n) is 5.61. The van der Waals surface area contributed by atoms with Crippen LogP contribution in [-0.4, -0.2) is 46.5 Å². The molecule has 2 aliphatic rings. The average Bonchev–Trinajstić information content (AvgIpc) is 2.97. The number of aromatic nitrogens is 2. The topological polar surface area (TPSA) is 78.1 Å². The van der Waals surface area contributed by atoms with Crippen molar-refractivity contribution in [2.24, 2.45) is 5.92 Å². The minimum absolute atomic E-state index is 0.0416. The summed E-state index contributed by atoms with van der Waals surface area (Å²) >= 11 is 1.66. The lowest BCUT2D eigenvalue weighted by Crippen LogP contribution is -2.52. The zero-order valence-electron chi connectivity index (χ0n) is 15.4. The van der Waals surface area contributed by atoms with Crippen LogP contribution in [0.5, 0.6) is 0 Å². The predicted octanol–water partition coefficient (Wildman–Crippen LogP) is 1.86. The van der Waals surface area contributed by atoms with E-state index in [0.29, 0.717) is 24.6 Å². The van der Waals surface area contributed by atoms with Crippen LogP contribution in [0.25, 0.3) is 10.2 Å². The number of aryl methyl sites for hydroxylation is 2. The number of fused-ring (bicyclic) bond motifs is 3. The van der Waals surface area contributed by atoms with E-state index in [1.807, 2.05) is 4.90 Å². The van der Waals surface area contributed by atoms with Crippen molar-refractivity contribution in [3.8, 4) is 0 Å². The van der Waals surface area contributed by atoms with Crippen LogP contribution in [0, 0.1) is 5.92 Å². The molecule has 7 heteroatoms. The molecule has 1 saturated heterocycles. The molecule has 2 N–H and O–H groups in total. The Balaban J connectivity index is 1.52. The fourth-order valence-corrected chi connectivity index (χ4v) is 5.49. The number of carbonyl (C=O) groups is 1. The van der Waals surface area contributed by atoms with Gasteiger partial charge in [-0.3, -0.25) is 9.59 Å². The van der Waals surface area contributed by atoms with Crippen LogP contribution in [0.4, 0.5) is 0 Å². The van der Waals surface area contributed by atoms with Crippen LogP contribution in [0.2, 0.25) is 0 Å². The molecule has 0 radical (unpaired) electrons. The van der Waals surface area contributed by atoms with Crippen LogP contribution < -0.4 is 10.9 Å². The van der Waals surface area contributed by atoms with Gasteiger partial charge in [0, 0.05) is 43.4 Å². The largest absolute Gasteiger partial charge is 0.337 e. The zero-order chi connectivity index (χ0) is 18.3. The molecule has 2 atom stereocenters. The molecular formula is C19H26N4O2S. The molecule has 0 aromatic carbocycles. The first-order valence-electron chi connectivity index (χ1n) is 9.56. The Hall–Kier alpha value is -1.73. The van der Waals surface area contributed by atoms with E-state index in [4.69, 9.17) is 0 Å². The lowest BCUT2D eigenvalue weighted by molar-refractivity contribution is -0.133. The van der Waals surface area contributed by atoms with Crippen molar-refractivity contribution in [2.45, 2.75) is 52.0 Å². The number of hydrogen-bond donors (Lipinski definition) is 2. The van der Waals surface area contributed by atoms with Crippen molar-refractivity contribution in [1.29, 1.82) is 0 Å². The van der Waals surface area contributed by atoms with Gasteiger partial charge in [0.2, 0.25) is 5.91 Å². The number of nitrogens with one attached hydrogen (secondary N) is 2. The maximum absolute atomic E-state index is 12.6. The highest BCUT2D eigenvalue weighted by molar-refractivity contribution is 7.18. The van der Waals surface area contributed by atoms with Crippen LogP contribution in [0.3, 0.4) is 0 Å². The molecule has 140 valence electrons. The SMILES string of the molecule is CC1CCc2c(sc3nc(CCC(=O)N4CCNC[C@@H]4C)[nH]c(=O)c23)C1. The smallest absolute Gasteiger partial charge is 0.259 e. The summed E-state index contributed by atoms with van der Waals surface area (Å²) in [5.74, 6) is 1.44. The first-order valence-corrected chi connectivity index (χ1v) is 10.4. The van der Waals surface area contributed by atoms with Gasteiger partial charge in [-0.15, -0.1) is 11.3 Å². The summed E-state index contributed by atoms with van der Waals surface area (Å²) in [7, 11) is 0. The quantitative estimate of drug-likeness (QED) is 0.860. The van der Waals surface area contributed by atoms with Crippen LogP contribution >= 0.6 is 11.3 Å². The third-order valence-corrected chi connectivity index (χ3v) is 6.76. The number of carbonyl (C=O) groups excluding carboxylic acids is 1. The number of H-pyrrole nitrogens is 1. The van der Waals surface area contributed by atoms with Crippen molar-refractivity contribution in [2.75, 3.05) is 19.6 Å². The van der Waals surface area contributed by atoms with Gasteiger partial charge in [-0.25, -0.2) is 4.98 Å². The van der Waals surface area contributed by atoms with Gasteiger partial charge in [-0.2, -0.15) is 0 Å². The van der Waals surface area contributed by atoms with E-state index in [0.717, 1.165) is 49.1 Å². The second kappa shape index (κ2) is 7.12. The van der Waals surface area contributed by atoms with Gasteiger partial charge >= 0.3 is 0 Å². The summed E-state index contributed by atoms with van der Waals surface area (Å²) in [6, 6.07) is 0.219. The Kier molecular flexibility index (Phi) is 4.84. The second-order valence-electron chi connectivity index (χ2n) is 7.68. The summed E-state index contributed by atoms with van der Waals surface area (Å²) in [6.07, 6.45) is 4.03. The van der Waals surface area contributed by atoms with E-state index >= 15 is 0 Å². The molecule has 0 bridgehead atoms. The maximum atomic E-state index is 12.6. The Morgan fingerprint density at radius 3 is 3.04 bits per heavy atom. The van der Waals surface area contributed by atoms with E-state index in [2.05, 4.69) is 29.1 Å². The monoisotopic (exact) mass is 374 g/mol. The minimum atomic E-state index is -0.0416. The lowest BCUT2D eigenvalue weighted by Gasteiger charge is -2.34. The van der Waals surface area contributed by atoms with Crippen molar-refractivity contribution >= 4 is 27.5 Å². The van der Waals surface area contributed by atoms with Crippen LogP contribution in [0.15, 0.2) is 4.79 Å².